The van der Waals surface area contributed by atoms with Gasteiger partial charge >= 0.3 is 12.2 Å². The average molecular weight is 664 g/mol. The minimum atomic E-state index is -1.28. The molecule has 0 atom stereocenters. The van der Waals surface area contributed by atoms with E-state index < -0.39 is 28.6 Å². The first-order valence-corrected chi connectivity index (χ1v) is 15.8. The lowest BCUT2D eigenvalue weighted by molar-refractivity contribution is -0.191. The summed E-state index contributed by atoms with van der Waals surface area (Å²) in [6.07, 6.45) is 0.317. The van der Waals surface area contributed by atoms with Gasteiger partial charge in [-0.25, -0.2) is 22.9 Å². The molecule has 1 aliphatic rings. The molecule has 5 aromatic rings. The highest BCUT2D eigenvalue weighted by Gasteiger charge is 2.28. The molecule has 0 spiro atoms. The number of nitrogens with one attached hydrogen (secondary N) is 1. The number of rotatable bonds is 5. The van der Waals surface area contributed by atoms with Crippen molar-refractivity contribution in [3.63, 3.8) is 0 Å². The van der Waals surface area contributed by atoms with Crippen molar-refractivity contribution in [1.82, 2.24) is 20.1 Å². The Balaban J connectivity index is 0.00000139. The molecule has 1 saturated heterocycles. The number of carbonyl (C=O) groups is 1. The van der Waals surface area contributed by atoms with Crippen LogP contribution in [0.1, 0.15) is 33.3 Å². The SMILES string of the molecule is CCc1c(-c2c(F)ccc(F)c2F)nc2n[nH]c(-c3cccs3)c2c1-c1ccc(N2CCN(C(=O)OC(C)(C)C)CC2)cc1.O=C=O. The zero-order chi connectivity index (χ0) is 33.9. The molecule has 1 amide bonds. The van der Waals surface area contributed by atoms with Crippen molar-refractivity contribution in [1.29, 1.82) is 0 Å². The lowest BCUT2D eigenvalue weighted by Crippen LogP contribution is -2.50. The topological polar surface area (TPSA) is 108 Å². The number of piperazine rings is 1. The molecule has 0 bridgehead atoms. The van der Waals surface area contributed by atoms with Gasteiger partial charge in [0.25, 0.3) is 0 Å². The van der Waals surface area contributed by atoms with Gasteiger partial charge < -0.3 is 14.5 Å². The van der Waals surface area contributed by atoms with Crippen molar-refractivity contribution >= 4 is 40.3 Å². The molecule has 1 fully saturated rings. The Morgan fingerprint density at radius 3 is 2.23 bits per heavy atom. The van der Waals surface area contributed by atoms with E-state index in [9.17, 15) is 9.18 Å². The Labute approximate surface area is 273 Å². The number of ether oxygens (including phenoxy) is 1. The molecule has 0 aliphatic carbocycles. The number of hydrogen-bond acceptors (Lipinski definition) is 8. The third kappa shape index (κ3) is 6.91. The number of thiophene rings is 1. The minimum absolute atomic E-state index is 0.0241. The summed E-state index contributed by atoms with van der Waals surface area (Å²) in [6.45, 7) is 9.80. The van der Waals surface area contributed by atoms with Crippen molar-refractivity contribution in [3.8, 4) is 33.0 Å². The van der Waals surface area contributed by atoms with Crippen LogP contribution >= 0.6 is 11.3 Å². The number of H-pyrrole nitrogens is 1. The number of nitrogens with zero attached hydrogens (tertiary/aromatic N) is 4. The van der Waals surface area contributed by atoms with Crippen LogP contribution in [-0.2, 0) is 20.7 Å². The molecule has 0 saturated carbocycles. The normalized spacial score (nSPS) is 13.3. The Morgan fingerprint density at radius 1 is 0.979 bits per heavy atom. The number of hydrogen-bond donors (Lipinski definition) is 1. The van der Waals surface area contributed by atoms with Crippen LogP contribution in [0.25, 0.3) is 44.0 Å². The van der Waals surface area contributed by atoms with E-state index in [1.54, 1.807) is 4.90 Å². The van der Waals surface area contributed by atoms with Crippen LogP contribution in [-0.4, -0.2) is 64.1 Å². The predicted octanol–water partition coefficient (Wildman–Crippen LogP) is 7.47. The zero-order valence-electron chi connectivity index (χ0n) is 26.2. The van der Waals surface area contributed by atoms with E-state index in [1.165, 1.54) is 11.3 Å². The van der Waals surface area contributed by atoms with Crippen molar-refractivity contribution in [3.05, 3.63) is 76.9 Å². The first-order chi connectivity index (χ1) is 22.5. The van der Waals surface area contributed by atoms with Crippen molar-refractivity contribution < 1.29 is 32.3 Å². The maximum atomic E-state index is 15.1. The Bertz CT molecular complexity index is 1920. The number of carbonyl (C=O) groups excluding carboxylic acids is 3. The summed E-state index contributed by atoms with van der Waals surface area (Å²) >= 11 is 1.53. The summed E-state index contributed by atoms with van der Waals surface area (Å²) in [5, 5.41) is 10.2. The average Bonchev–Trinajstić information content (AvgIpc) is 3.72. The molecule has 9 nitrogen and oxygen atoms in total. The number of fused-ring (bicyclic) bond motifs is 1. The number of pyridine rings is 1. The van der Waals surface area contributed by atoms with Crippen molar-refractivity contribution in [2.45, 2.75) is 39.7 Å². The van der Waals surface area contributed by atoms with Gasteiger partial charge in [0.2, 0.25) is 0 Å². The Kier molecular flexibility index (Phi) is 9.78. The molecular formula is C34H32F3N5O4S. The van der Waals surface area contributed by atoms with Crippen LogP contribution in [0.2, 0.25) is 0 Å². The molecule has 6 rings (SSSR count). The largest absolute Gasteiger partial charge is 0.444 e. The summed E-state index contributed by atoms with van der Waals surface area (Å²) in [6, 6.07) is 13.5. The van der Waals surface area contributed by atoms with E-state index >= 15 is 8.78 Å². The third-order valence-corrected chi connectivity index (χ3v) is 8.54. The lowest BCUT2D eigenvalue weighted by Gasteiger charge is -2.36. The van der Waals surface area contributed by atoms with Crippen LogP contribution in [0, 0.1) is 17.5 Å². The monoisotopic (exact) mass is 663 g/mol. The lowest BCUT2D eigenvalue weighted by atomic mass is 9.90. The van der Waals surface area contributed by atoms with Gasteiger partial charge in [0.05, 0.1) is 27.2 Å². The van der Waals surface area contributed by atoms with E-state index in [2.05, 4.69) is 20.1 Å². The standard InChI is InChI=1S/C33H32F3N5O2S.CO2/c1-5-21-25(19-8-10-20(11-9-19)40-14-16-41(17-15-40)32(42)43-33(2,3)4)27-30(24-7-6-18-44-24)38-39-31(27)37-29(21)26-22(34)12-13-23(35)28(26)36;2-1-3/h6-13,18H,5,14-17H2,1-4H3,(H,37,38,39);. The van der Waals surface area contributed by atoms with E-state index in [0.29, 0.717) is 38.2 Å². The number of amides is 1. The quantitative estimate of drug-likeness (QED) is 0.194. The van der Waals surface area contributed by atoms with Crippen molar-refractivity contribution in [2.75, 3.05) is 31.1 Å². The minimum Gasteiger partial charge on any atom is -0.444 e. The second-order valence-electron chi connectivity index (χ2n) is 11.7. The molecular weight excluding hydrogens is 631 g/mol. The fraction of sp³-hybridized carbons (Fsp3) is 0.294. The smallest absolute Gasteiger partial charge is 0.410 e. The number of aromatic amines is 1. The number of benzene rings is 2. The maximum absolute atomic E-state index is 15.1. The molecule has 3 aromatic heterocycles. The van der Waals surface area contributed by atoms with Crippen molar-refractivity contribution in [2.24, 2.45) is 0 Å². The van der Waals surface area contributed by atoms with E-state index in [1.807, 2.05) is 69.5 Å². The molecule has 13 heteroatoms. The highest BCUT2D eigenvalue weighted by atomic mass is 32.1. The van der Waals surface area contributed by atoms with Gasteiger partial charge in [0.1, 0.15) is 11.4 Å². The molecule has 0 radical (unpaired) electrons. The highest BCUT2D eigenvalue weighted by Crippen LogP contribution is 2.43. The first-order valence-electron chi connectivity index (χ1n) is 14.9. The molecule has 4 heterocycles. The molecule has 47 heavy (non-hydrogen) atoms. The molecule has 0 unspecified atom stereocenters. The second kappa shape index (κ2) is 13.8. The fourth-order valence-electron chi connectivity index (χ4n) is 5.62. The van der Waals surface area contributed by atoms with Crippen LogP contribution < -0.4 is 4.90 Å². The third-order valence-electron chi connectivity index (χ3n) is 7.66. The maximum Gasteiger partial charge on any atom is 0.410 e. The summed E-state index contributed by atoms with van der Waals surface area (Å²) in [4.78, 5) is 38.2. The van der Waals surface area contributed by atoms with Gasteiger partial charge in [0, 0.05) is 37.4 Å². The van der Waals surface area contributed by atoms with Gasteiger partial charge in [-0.05, 0) is 74.0 Å². The summed E-state index contributed by atoms with van der Waals surface area (Å²) in [5.74, 6) is -3.33. The molecule has 1 aliphatic heterocycles. The second-order valence-corrected chi connectivity index (χ2v) is 12.7. The van der Waals surface area contributed by atoms with Crippen LogP contribution in [0.3, 0.4) is 0 Å². The van der Waals surface area contributed by atoms with E-state index in [-0.39, 0.29) is 23.6 Å². The molecule has 244 valence electrons. The number of halogens is 3. The van der Waals surface area contributed by atoms with Crippen LogP contribution in [0.5, 0.6) is 0 Å². The van der Waals surface area contributed by atoms with Gasteiger partial charge in [-0.1, -0.05) is 25.1 Å². The zero-order valence-corrected chi connectivity index (χ0v) is 27.0. The van der Waals surface area contributed by atoms with Gasteiger partial charge in [0.15, 0.2) is 17.3 Å². The molecule has 2 aromatic carbocycles. The van der Waals surface area contributed by atoms with E-state index in [0.717, 1.165) is 44.9 Å². The number of aromatic nitrogens is 3. The Hall–Kier alpha value is -5.00. The summed E-state index contributed by atoms with van der Waals surface area (Å²) in [5.41, 5.74) is 3.10. The summed E-state index contributed by atoms with van der Waals surface area (Å²) in [7, 11) is 0. The summed E-state index contributed by atoms with van der Waals surface area (Å²) < 4.78 is 50.1. The number of anilines is 1. The van der Waals surface area contributed by atoms with Crippen LogP contribution in [0.4, 0.5) is 23.7 Å². The van der Waals surface area contributed by atoms with Gasteiger partial charge in [-0.3, -0.25) is 5.10 Å². The first kappa shape index (κ1) is 33.4. The van der Waals surface area contributed by atoms with E-state index in [4.69, 9.17) is 14.3 Å². The Morgan fingerprint density at radius 2 is 1.64 bits per heavy atom. The van der Waals surface area contributed by atoms with Gasteiger partial charge in [-0.2, -0.15) is 14.7 Å². The highest BCUT2D eigenvalue weighted by molar-refractivity contribution is 7.13. The van der Waals surface area contributed by atoms with Crippen LogP contribution in [0.15, 0.2) is 53.9 Å². The van der Waals surface area contributed by atoms with Gasteiger partial charge in [-0.15, -0.1) is 11.3 Å². The molecule has 1 N–H and O–H groups in total. The fourth-order valence-corrected chi connectivity index (χ4v) is 6.34. The predicted molar refractivity (Wildman–Crippen MR) is 172 cm³/mol.